The van der Waals surface area contributed by atoms with Gasteiger partial charge in [-0.05, 0) is 52.4 Å². The maximum absolute atomic E-state index is 12.5. The maximum Gasteiger partial charge on any atom is 0.255 e. The number of hydrogen-bond donors (Lipinski definition) is 1. The first-order valence-electron chi connectivity index (χ1n) is 7.21. The monoisotopic (exact) mass is 339 g/mol. The lowest BCUT2D eigenvalue weighted by atomic mass is 9.99. The Bertz CT molecular complexity index is 493. The van der Waals surface area contributed by atoms with Crippen molar-refractivity contribution in [1.82, 2.24) is 5.32 Å². The molecule has 1 N–H and O–H groups in total. The van der Waals surface area contributed by atoms with Gasteiger partial charge in [0.15, 0.2) is 0 Å². The van der Waals surface area contributed by atoms with Crippen molar-refractivity contribution in [2.24, 2.45) is 0 Å². The van der Waals surface area contributed by atoms with Gasteiger partial charge in [-0.15, -0.1) is 0 Å². The van der Waals surface area contributed by atoms with Crippen LogP contribution >= 0.6 is 15.9 Å². The SMILES string of the molecule is COc1c(Br)cc(C(C)C)cc1C(=O)NC1CCCC1. The summed E-state index contributed by atoms with van der Waals surface area (Å²) in [7, 11) is 1.60. The molecule has 0 unspecified atom stereocenters. The lowest BCUT2D eigenvalue weighted by Gasteiger charge is -2.17. The van der Waals surface area contributed by atoms with Gasteiger partial charge in [0.05, 0.1) is 17.1 Å². The molecule has 1 aromatic carbocycles. The topological polar surface area (TPSA) is 38.3 Å². The lowest BCUT2D eigenvalue weighted by molar-refractivity contribution is 0.0934. The Morgan fingerprint density at radius 2 is 2.00 bits per heavy atom. The highest BCUT2D eigenvalue weighted by atomic mass is 79.9. The van der Waals surface area contributed by atoms with Crippen LogP contribution in [-0.4, -0.2) is 19.1 Å². The van der Waals surface area contributed by atoms with E-state index >= 15 is 0 Å². The van der Waals surface area contributed by atoms with E-state index < -0.39 is 0 Å². The molecule has 0 saturated heterocycles. The van der Waals surface area contributed by atoms with Gasteiger partial charge in [0.2, 0.25) is 0 Å². The zero-order chi connectivity index (χ0) is 14.7. The number of hydrogen-bond acceptors (Lipinski definition) is 2. The first-order valence-corrected chi connectivity index (χ1v) is 8.00. The van der Waals surface area contributed by atoms with Crippen LogP contribution in [0.4, 0.5) is 0 Å². The summed E-state index contributed by atoms with van der Waals surface area (Å²) < 4.78 is 6.22. The van der Waals surface area contributed by atoms with Crippen LogP contribution in [0.2, 0.25) is 0 Å². The number of nitrogens with one attached hydrogen (secondary N) is 1. The zero-order valence-corrected chi connectivity index (χ0v) is 13.9. The van der Waals surface area contributed by atoms with Gasteiger partial charge >= 0.3 is 0 Å². The minimum absolute atomic E-state index is 0.0306. The molecule has 3 nitrogen and oxygen atoms in total. The minimum Gasteiger partial charge on any atom is -0.495 e. The molecule has 0 bridgehead atoms. The fourth-order valence-corrected chi connectivity index (χ4v) is 3.30. The standard InChI is InChI=1S/C16H22BrNO2/c1-10(2)11-8-13(15(20-3)14(17)9-11)16(19)18-12-6-4-5-7-12/h8-10,12H,4-7H2,1-3H3,(H,18,19). The van der Waals surface area contributed by atoms with Crippen molar-refractivity contribution < 1.29 is 9.53 Å². The third-order valence-electron chi connectivity index (χ3n) is 3.87. The summed E-state index contributed by atoms with van der Waals surface area (Å²) in [6, 6.07) is 4.28. The van der Waals surface area contributed by atoms with E-state index in [1.54, 1.807) is 7.11 Å². The van der Waals surface area contributed by atoms with Crippen LogP contribution in [0.1, 0.15) is 61.4 Å². The molecule has 1 amide bonds. The Kier molecular flexibility index (Phi) is 5.08. The second kappa shape index (κ2) is 6.61. The summed E-state index contributed by atoms with van der Waals surface area (Å²) in [6.07, 6.45) is 4.58. The Balaban J connectivity index is 2.29. The average molecular weight is 340 g/mol. The fourth-order valence-electron chi connectivity index (χ4n) is 2.66. The molecular formula is C16H22BrNO2. The number of ether oxygens (including phenoxy) is 1. The van der Waals surface area contributed by atoms with Gasteiger partial charge in [0.1, 0.15) is 5.75 Å². The summed E-state index contributed by atoms with van der Waals surface area (Å²) in [6.45, 7) is 4.24. The van der Waals surface area contributed by atoms with Crippen LogP contribution in [0.5, 0.6) is 5.75 Å². The highest BCUT2D eigenvalue weighted by Gasteiger charge is 2.22. The van der Waals surface area contributed by atoms with Crippen molar-refractivity contribution in [2.75, 3.05) is 7.11 Å². The largest absolute Gasteiger partial charge is 0.495 e. The van der Waals surface area contributed by atoms with Crippen molar-refractivity contribution in [3.05, 3.63) is 27.7 Å². The van der Waals surface area contributed by atoms with Gasteiger partial charge in [-0.3, -0.25) is 4.79 Å². The number of halogens is 1. The summed E-state index contributed by atoms with van der Waals surface area (Å²) in [4.78, 5) is 12.5. The van der Waals surface area contributed by atoms with Gasteiger partial charge in [-0.1, -0.05) is 26.7 Å². The Hall–Kier alpha value is -1.03. The van der Waals surface area contributed by atoms with E-state index in [1.807, 2.05) is 12.1 Å². The molecular weight excluding hydrogens is 318 g/mol. The van der Waals surface area contributed by atoms with E-state index in [1.165, 1.54) is 12.8 Å². The third-order valence-corrected chi connectivity index (χ3v) is 4.46. The molecule has 0 atom stereocenters. The molecule has 0 aliphatic heterocycles. The van der Waals surface area contributed by atoms with Crippen LogP contribution in [-0.2, 0) is 0 Å². The fraction of sp³-hybridized carbons (Fsp3) is 0.562. The molecule has 1 aliphatic rings. The molecule has 2 rings (SSSR count). The first kappa shape index (κ1) is 15.4. The molecule has 0 spiro atoms. The van der Waals surface area contributed by atoms with Gasteiger partial charge in [-0.2, -0.15) is 0 Å². The van der Waals surface area contributed by atoms with Crippen molar-refractivity contribution in [2.45, 2.75) is 51.5 Å². The van der Waals surface area contributed by atoms with E-state index in [-0.39, 0.29) is 5.91 Å². The van der Waals surface area contributed by atoms with E-state index in [4.69, 9.17) is 4.74 Å². The summed E-state index contributed by atoms with van der Waals surface area (Å²) in [5.41, 5.74) is 1.76. The number of methoxy groups -OCH3 is 1. The molecule has 1 fully saturated rings. The number of carbonyl (C=O) groups is 1. The second-order valence-corrected chi connectivity index (χ2v) is 6.55. The van der Waals surface area contributed by atoms with Crippen molar-refractivity contribution in [1.29, 1.82) is 0 Å². The molecule has 4 heteroatoms. The van der Waals surface area contributed by atoms with Gasteiger partial charge < -0.3 is 10.1 Å². The minimum atomic E-state index is -0.0306. The summed E-state index contributed by atoms with van der Waals surface area (Å²) in [5, 5.41) is 3.12. The smallest absolute Gasteiger partial charge is 0.255 e. The highest BCUT2D eigenvalue weighted by Crippen LogP contribution is 2.33. The van der Waals surface area contributed by atoms with Crippen LogP contribution in [0, 0.1) is 0 Å². The maximum atomic E-state index is 12.5. The van der Waals surface area contributed by atoms with E-state index in [0.29, 0.717) is 23.3 Å². The first-order chi connectivity index (χ1) is 9.52. The number of benzene rings is 1. The van der Waals surface area contributed by atoms with Crippen LogP contribution in [0.25, 0.3) is 0 Å². The Morgan fingerprint density at radius 3 is 2.55 bits per heavy atom. The third kappa shape index (κ3) is 3.35. The normalized spacial score (nSPS) is 15.7. The molecule has 0 heterocycles. The van der Waals surface area contributed by atoms with Crippen LogP contribution in [0.3, 0.4) is 0 Å². The highest BCUT2D eigenvalue weighted by molar-refractivity contribution is 9.10. The van der Waals surface area contributed by atoms with E-state index in [9.17, 15) is 4.79 Å². The molecule has 1 saturated carbocycles. The van der Waals surface area contributed by atoms with Crippen molar-refractivity contribution in [3.63, 3.8) is 0 Å². The van der Waals surface area contributed by atoms with Gasteiger partial charge in [-0.25, -0.2) is 0 Å². The van der Waals surface area contributed by atoms with Gasteiger partial charge in [0.25, 0.3) is 5.91 Å². The van der Waals surface area contributed by atoms with Crippen LogP contribution in [0.15, 0.2) is 16.6 Å². The second-order valence-electron chi connectivity index (χ2n) is 5.69. The zero-order valence-electron chi connectivity index (χ0n) is 12.3. The summed E-state index contributed by atoms with van der Waals surface area (Å²) >= 11 is 3.50. The van der Waals surface area contributed by atoms with E-state index in [2.05, 4.69) is 35.1 Å². The van der Waals surface area contributed by atoms with E-state index in [0.717, 1.165) is 22.9 Å². The number of rotatable bonds is 4. The predicted molar refractivity (Wildman–Crippen MR) is 84.5 cm³/mol. The Morgan fingerprint density at radius 1 is 1.35 bits per heavy atom. The Labute approximate surface area is 129 Å². The summed E-state index contributed by atoms with van der Waals surface area (Å²) in [5.74, 6) is 0.956. The average Bonchev–Trinajstić information content (AvgIpc) is 2.90. The molecule has 110 valence electrons. The quantitative estimate of drug-likeness (QED) is 0.890. The molecule has 1 aliphatic carbocycles. The molecule has 0 radical (unpaired) electrons. The number of carbonyl (C=O) groups excluding carboxylic acids is 1. The van der Waals surface area contributed by atoms with Crippen molar-refractivity contribution in [3.8, 4) is 5.75 Å². The van der Waals surface area contributed by atoms with Crippen molar-refractivity contribution >= 4 is 21.8 Å². The number of amides is 1. The van der Waals surface area contributed by atoms with Gasteiger partial charge in [0, 0.05) is 6.04 Å². The van der Waals surface area contributed by atoms with Crippen LogP contribution < -0.4 is 10.1 Å². The lowest BCUT2D eigenvalue weighted by Crippen LogP contribution is -2.33. The molecule has 20 heavy (non-hydrogen) atoms. The molecule has 0 aromatic heterocycles. The predicted octanol–water partition coefficient (Wildman–Crippen LogP) is 4.25. The molecule has 1 aromatic rings.